The molecule has 0 saturated carbocycles. The second-order valence-corrected chi connectivity index (χ2v) is 5.08. The molecular formula is C14H15FN4O2. The minimum atomic E-state index is -0.881. The molecule has 0 bridgehead atoms. The largest absolute Gasteiger partial charge is 0.465 e. The zero-order valence-corrected chi connectivity index (χ0v) is 11.3. The Morgan fingerprint density at radius 1 is 1.24 bits per heavy atom. The summed E-state index contributed by atoms with van der Waals surface area (Å²) in [4.78, 5) is 12.3. The second-order valence-electron chi connectivity index (χ2n) is 5.08. The average molecular weight is 290 g/mol. The van der Waals surface area contributed by atoms with E-state index in [1.165, 1.54) is 17.0 Å². The molecule has 6 nitrogen and oxygen atoms in total. The number of aromatic nitrogens is 3. The minimum absolute atomic E-state index is 0.160. The van der Waals surface area contributed by atoms with Gasteiger partial charge in [0.25, 0.3) is 0 Å². The highest BCUT2D eigenvalue weighted by Crippen LogP contribution is 2.28. The Bertz CT molecular complexity index is 633. The van der Waals surface area contributed by atoms with Crippen LogP contribution in [0.1, 0.15) is 24.6 Å². The van der Waals surface area contributed by atoms with Crippen molar-refractivity contribution < 1.29 is 14.3 Å². The summed E-state index contributed by atoms with van der Waals surface area (Å²) in [5.74, 6) is 0.669. The molecule has 1 aliphatic rings. The molecule has 0 aliphatic carbocycles. The fraction of sp³-hybridized carbons (Fsp3) is 0.357. The van der Waals surface area contributed by atoms with Crippen molar-refractivity contribution in [3.05, 3.63) is 42.2 Å². The van der Waals surface area contributed by atoms with Crippen molar-refractivity contribution in [3.63, 3.8) is 0 Å². The lowest BCUT2D eigenvalue weighted by Crippen LogP contribution is -2.37. The molecule has 110 valence electrons. The highest BCUT2D eigenvalue weighted by molar-refractivity contribution is 5.65. The van der Waals surface area contributed by atoms with Crippen molar-refractivity contribution in [3.8, 4) is 5.69 Å². The van der Waals surface area contributed by atoms with E-state index in [-0.39, 0.29) is 11.7 Å². The van der Waals surface area contributed by atoms with E-state index >= 15 is 0 Å². The van der Waals surface area contributed by atoms with Crippen LogP contribution in [-0.4, -0.2) is 44.0 Å². The van der Waals surface area contributed by atoms with E-state index in [0.29, 0.717) is 25.9 Å². The average Bonchev–Trinajstić information content (AvgIpc) is 2.97. The maximum absolute atomic E-state index is 13.0. The van der Waals surface area contributed by atoms with E-state index in [9.17, 15) is 9.18 Å². The van der Waals surface area contributed by atoms with E-state index in [2.05, 4.69) is 10.2 Å². The number of hydrogen-bond acceptors (Lipinski definition) is 3. The quantitative estimate of drug-likeness (QED) is 0.921. The second kappa shape index (κ2) is 5.51. The number of piperidine rings is 1. The normalized spacial score (nSPS) is 16.1. The smallest absolute Gasteiger partial charge is 0.407 e. The van der Waals surface area contributed by atoms with Gasteiger partial charge in [-0.2, -0.15) is 0 Å². The maximum atomic E-state index is 13.0. The zero-order valence-electron chi connectivity index (χ0n) is 11.3. The zero-order chi connectivity index (χ0) is 14.8. The first-order valence-electron chi connectivity index (χ1n) is 6.79. The van der Waals surface area contributed by atoms with Crippen LogP contribution in [0.5, 0.6) is 0 Å². The van der Waals surface area contributed by atoms with Gasteiger partial charge in [0.15, 0.2) is 0 Å². The number of halogens is 1. The number of carboxylic acid groups (broad SMARTS) is 1. The number of amides is 1. The molecule has 7 heteroatoms. The maximum Gasteiger partial charge on any atom is 0.407 e. The number of rotatable bonds is 2. The third-order valence-corrected chi connectivity index (χ3v) is 3.81. The number of likely N-dealkylation sites (tertiary alicyclic amines) is 1. The van der Waals surface area contributed by atoms with Crippen molar-refractivity contribution in [2.75, 3.05) is 13.1 Å². The van der Waals surface area contributed by atoms with Crippen molar-refractivity contribution >= 4 is 6.09 Å². The van der Waals surface area contributed by atoms with Gasteiger partial charge in [-0.1, -0.05) is 0 Å². The summed E-state index contributed by atoms with van der Waals surface area (Å²) in [7, 11) is 0. The standard InChI is InChI=1S/C14H15FN4O2/c15-11-1-3-12(4-2-11)19-9-16-17-13(19)10-5-7-18(8-6-10)14(20)21/h1-4,9-10H,5-8H2,(H,20,21). The number of carbonyl (C=O) groups is 1. The molecule has 0 spiro atoms. The van der Waals surface area contributed by atoms with Crippen LogP contribution in [0.15, 0.2) is 30.6 Å². The third kappa shape index (κ3) is 2.72. The molecule has 0 atom stereocenters. The van der Waals surface area contributed by atoms with Crippen molar-refractivity contribution in [1.82, 2.24) is 19.7 Å². The van der Waals surface area contributed by atoms with Crippen LogP contribution >= 0.6 is 0 Å². The van der Waals surface area contributed by atoms with Crippen molar-refractivity contribution in [2.45, 2.75) is 18.8 Å². The lowest BCUT2D eigenvalue weighted by atomic mass is 9.96. The monoisotopic (exact) mass is 290 g/mol. The molecule has 0 unspecified atom stereocenters. The van der Waals surface area contributed by atoms with Crippen LogP contribution in [0.25, 0.3) is 5.69 Å². The lowest BCUT2D eigenvalue weighted by Gasteiger charge is -2.29. The molecule has 3 rings (SSSR count). The van der Waals surface area contributed by atoms with Gasteiger partial charge in [0.2, 0.25) is 0 Å². The van der Waals surface area contributed by atoms with E-state index in [4.69, 9.17) is 5.11 Å². The molecule has 21 heavy (non-hydrogen) atoms. The van der Waals surface area contributed by atoms with E-state index < -0.39 is 6.09 Å². The fourth-order valence-corrected chi connectivity index (χ4v) is 2.65. The van der Waals surface area contributed by atoms with Gasteiger partial charge in [-0.05, 0) is 37.1 Å². The molecule has 1 amide bonds. The SMILES string of the molecule is O=C(O)N1CCC(c2nncn2-c2ccc(F)cc2)CC1. The number of hydrogen-bond donors (Lipinski definition) is 1. The molecule has 1 saturated heterocycles. The van der Waals surface area contributed by atoms with Gasteiger partial charge in [-0.25, -0.2) is 9.18 Å². The van der Waals surface area contributed by atoms with Crippen LogP contribution in [-0.2, 0) is 0 Å². The molecular weight excluding hydrogens is 275 g/mol. The molecule has 2 aromatic rings. The fourth-order valence-electron chi connectivity index (χ4n) is 2.65. The summed E-state index contributed by atoms with van der Waals surface area (Å²) in [5, 5.41) is 17.1. The highest BCUT2D eigenvalue weighted by atomic mass is 19.1. The molecule has 1 N–H and O–H groups in total. The summed E-state index contributed by atoms with van der Waals surface area (Å²) >= 11 is 0. The van der Waals surface area contributed by atoms with E-state index in [1.54, 1.807) is 18.5 Å². The van der Waals surface area contributed by atoms with E-state index in [1.807, 2.05) is 4.57 Å². The summed E-state index contributed by atoms with van der Waals surface area (Å²) in [5.41, 5.74) is 0.803. The highest BCUT2D eigenvalue weighted by Gasteiger charge is 2.26. The van der Waals surface area contributed by atoms with Crippen LogP contribution in [0, 0.1) is 5.82 Å². The Morgan fingerprint density at radius 2 is 1.90 bits per heavy atom. The Hall–Kier alpha value is -2.44. The topological polar surface area (TPSA) is 71.2 Å². The van der Waals surface area contributed by atoms with Crippen molar-refractivity contribution in [1.29, 1.82) is 0 Å². The Kier molecular flexibility index (Phi) is 3.55. The van der Waals surface area contributed by atoms with Crippen LogP contribution in [0.3, 0.4) is 0 Å². The van der Waals surface area contributed by atoms with Gasteiger partial charge in [0, 0.05) is 24.7 Å². The van der Waals surface area contributed by atoms with Crippen molar-refractivity contribution in [2.24, 2.45) is 0 Å². The molecule has 1 aliphatic heterocycles. The first-order valence-corrected chi connectivity index (χ1v) is 6.79. The van der Waals surface area contributed by atoms with Gasteiger partial charge in [0.05, 0.1) is 0 Å². The van der Waals surface area contributed by atoms with Gasteiger partial charge in [-0.15, -0.1) is 10.2 Å². The molecule has 1 aromatic carbocycles. The molecule has 2 heterocycles. The Balaban J connectivity index is 1.80. The first kappa shape index (κ1) is 13.5. The lowest BCUT2D eigenvalue weighted by molar-refractivity contribution is 0.131. The Morgan fingerprint density at radius 3 is 2.52 bits per heavy atom. The summed E-state index contributed by atoms with van der Waals surface area (Å²) in [6.07, 6.45) is 2.15. The van der Waals surface area contributed by atoms with Gasteiger partial charge >= 0.3 is 6.09 Å². The third-order valence-electron chi connectivity index (χ3n) is 3.81. The molecule has 1 aromatic heterocycles. The van der Waals surface area contributed by atoms with E-state index in [0.717, 1.165) is 11.5 Å². The molecule has 1 fully saturated rings. The van der Waals surface area contributed by atoms with Crippen LogP contribution in [0.2, 0.25) is 0 Å². The predicted molar refractivity (Wildman–Crippen MR) is 72.9 cm³/mol. The minimum Gasteiger partial charge on any atom is -0.465 e. The predicted octanol–water partition coefficient (Wildman–Crippen LogP) is 2.26. The first-order chi connectivity index (χ1) is 10.1. The Labute approximate surface area is 120 Å². The van der Waals surface area contributed by atoms with Gasteiger partial charge < -0.3 is 10.0 Å². The summed E-state index contributed by atoms with van der Waals surface area (Å²) in [6, 6.07) is 6.14. The summed E-state index contributed by atoms with van der Waals surface area (Å²) in [6.45, 7) is 0.993. The van der Waals surface area contributed by atoms with Gasteiger partial charge in [-0.3, -0.25) is 4.57 Å². The molecule has 0 radical (unpaired) electrons. The van der Waals surface area contributed by atoms with Gasteiger partial charge in [0.1, 0.15) is 18.0 Å². The number of nitrogens with zero attached hydrogens (tertiary/aromatic N) is 4. The van der Waals surface area contributed by atoms with Crippen LogP contribution in [0.4, 0.5) is 9.18 Å². The van der Waals surface area contributed by atoms with Crippen LogP contribution < -0.4 is 0 Å². The number of benzene rings is 1. The summed E-state index contributed by atoms with van der Waals surface area (Å²) < 4.78 is 14.8.